The lowest BCUT2D eigenvalue weighted by atomic mass is 9.94. The van der Waals surface area contributed by atoms with E-state index in [0.29, 0.717) is 11.3 Å². The number of benzene rings is 1. The minimum Gasteiger partial charge on any atom is -0.399 e. The molecule has 1 aromatic rings. The van der Waals surface area contributed by atoms with Gasteiger partial charge in [0.2, 0.25) is 0 Å². The molecule has 15 heavy (non-hydrogen) atoms. The van der Waals surface area contributed by atoms with Crippen molar-refractivity contribution >= 4 is 5.69 Å². The van der Waals surface area contributed by atoms with Gasteiger partial charge in [0, 0.05) is 5.69 Å². The molecule has 84 valence electrons. The highest BCUT2D eigenvalue weighted by atomic mass is 19.4. The van der Waals surface area contributed by atoms with E-state index in [1.54, 1.807) is 20.8 Å². The highest BCUT2D eigenvalue weighted by Crippen LogP contribution is 2.37. The van der Waals surface area contributed by atoms with E-state index in [-0.39, 0.29) is 11.5 Å². The van der Waals surface area contributed by atoms with Crippen molar-refractivity contribution in [3.05, 3.63) is 28.8 Å². The van der Waals surface area contributed by atoms with Crippen LogP contribution in [-0.2, 0) is 6.18 Å². The van der Waals surface area contributed by atoms with E-state index in [1.807, 2.05) is 0 Å². The second-order valence-corrected chi connectivity index (χ2v) is 3.95. The maximum atomic E-state index is 12.7. The molecule has 0 heterocycles. The quantitative estimate of drug-likeness (QED) is 0.713. The molecule has 0 radical (unpaired) electrons. The van der Waals surface area contributed by atoms with Gasteiger partial charge in [-0.25, -0.2) is 0 Å². The molecular formula is C11H14F3N. The third-order valence-corrected chi connectivity index (χ3v) is 2.37. The van der Waals surface area contributed by atoms with Gasteiger partial charge in [-0.05, 0) is 36.1 Å². The zero-order valence-electron chi connectivity index (χ0n) is 8.94. The Labute approximate surface area is 87.1 Å². The van der Waals surface area contributed by atoms with Crippen LogP contribution in [0.4, 0.5) is 18.9 Å². The summed E-state index contributed by atoms with van der Waals surface area (Å²) in [5, 5.41) is 0. The molecule has 0 atom stereocenters. The first-order valence-electron chi connectivity index (χ1n) is 4.70. The molecule has 0 saturated heterocycles. The summed E-state index contributed by atoms with van der Waals surface area (Å²) in [7, 11) is 0. The Morgan fingerprint density at radius 2 is 1.73 bits per heavy atom. The zero-order valence-corrected chi connectivity index (χ0v) is 8.94. The minimum absolute atomic E-state index is 0.190. The normalized spacial score (nSPS) is 12.2. The van der Waals surface area contributed by atoms with Gasteiger partial charge < -0.3 is 5.73 Å². The second kappa shape index (κ2) is 3.76. The fourth-order valence-electron chi connectivity index (χ4n) is 1.47. The van der Waals surface area contributed by atoms with Crippen LogP contribution in [0.5, 0.6) is 0 Å². The van der Waals surface area contributed by atoms with Crippen LogP contribution in [0.2, 0.25) is 0 Å². The average Bonchev–Trinajstić information content (AvgIpc) is 2.06. The lowest BCUT2D eigenvalue weighted by Crippen LogP contribution is -2.11. The largest absolute Gasteiger partial charge is 0.416 e. The van der Waals surface area contributed by atoms with Crippen LogP contribution >= 0.6 is 0 Å². The Kier molecular flexibility index (Phi) is 2.98. The summed E-state index contributed by atoms with van der Waals surface area (Å²) in [4.78, 5) is 0. The summed E-state index contributed by atoms with van der Waals surface area (Å²) in [6, 6.07) is 2.54. The number of anilines is 1. The van der Waals surface area contributed by atoms with Crippen molar-refractivity contribution in [3.63, 3.8) is 0 Å². The molecule has 0 aliphatic rings. The molecule has 0 aliphatic heterocycles. The summed E-state index contributed by atoms with van der Waals surface area (Å²) >= 11 is 0. The van der Waals surface area contributed by atoms with Crippen molar-refractivity contribution in [3.8, 4) is 0 Å². The lowest BCUT2D eigenvalue weighted by molar-refractivity contribution is -0.138. The third-order valence-electron chi connectivity index (χ3n) is 2.37. The van der Waals surface area contributed by atoms with Crippen molar-refractivity contribution < 1.29 is 13.2 Å². The molecule has 0 amide bonds. The van der Waals surface area contributed by atoms with Gasteiger partial charge in [0.1, 0.15) is 0 Å². The SMILES string of the molecule is Cc1cc(C(F)(F)F)c(C(C)C)cc1N. The van der Waals surface area contributed by atoms with E-state index in [9.17, 15) is 13.2 Å². The van der Waals surface area contributed by atoms with E-state index < -0.39 is 11.7 Å². The number of nitrogens with two attached hydrogens (primary N) is 1. The van der Waals surface area contributed by atoms with Crippen LogP contribution in [0.1, 0.15) is 36.5 Å². The highest BCUT2D eigenvalue weighted by molar-refractivity contribution is 5.53. The predicted molar refractivity (Wildman–Crippen MR) is 54.7 cm³/mol. The van der Waals surface area contributed by atoms with Gasteiger partial charge in [0.15, 0.2) is 0 Å². The molecule has 0 unspecified atom stereocenters. The van der Waals surface area contributed by atoms with Gasteiger partial charge in [-0.1, -0.05) is 13.8 Å². The summed E-state index contributed by atoms with van der Waals surface area (Å²) in [5.41, 5.74) is 6.15. The van der Waals surface area contributed by atoms with Crippen LogP contribution < -0.4 is 5.73 Å². The third kappa shape index (κ3) is 2.43. The first kappa shape index (κ1) is 11.9. The molecular weight excluding hydrogens is 203 g/mol. The van der Waals surface area contributed by atoms with Gasteiger partial charge in [-0.15, -0.1) is 0 Å². The van der Waals surface area contributed by atoms with Gasteiger partial charge in [0.05, 0.1) is 5.56 Å². The Morgan fingerprint density at radius 3 is 2.13 bits per heavy atom. The Hall–Kier alpha value is -1.19. The monoisotopic (exact) mass is 217 g/mol. The Morgan fingerprint density at radius 1 is 1.20 bits per heavy atom. The molecule has 1 aromatic carbocycles. The van der Waals surface area contributed by atoms with Crippen LogP contribution in [0.15, 0.2) is 12.1 Å². The van der Waals surface area contributed by atoms with Crippen molar-refractivity contribution in [2.24, 2.45) is 0 Å². The van der Waals surface area contributed by atoms with Crippen molar-refractivity contribution in [1.29, 1.82) is 0 Å². The van der Waals surface area contributed by atoms with Crippen molar-refractivity contribution in [2.75, 3.05) is 5.73 Å². The number of nitrogen functional groups attached to an aromatic ring is 1. The number of hydrogen-bond donors (Lipinski definition) is 1. The summed E-state index contributed by atoms with van der Waals surface area (Å²) in [5.74, 6) is -0.190. The predicted octanol–water partition coefficient (Wildman–Crippen LogP) is 3.72. The number of halogens is 3. The first-order valence-corrected chi connectivity index (χ1v) is 4.70. The van der Waals surface area contributed by atoms with E-state index in [1.165, 1.54) is 6.07 Å². The molecule has 0 saturated carbocycles. The summed E-state index contributed by atoms with van der Waals surface area (Å²) in [6.45, 7) is 5.02. The number of rotatable bonds is 1. The summed E-state index contributed by atoms with van der Waals surface area (Å²) < 4.78 is 38.0. The van der Waals surface area contributed by atoms with E-state index >= 15 is 0 Å². The van der Waals surface area contributed by atoms with E-state index in [2.05, 4.69) is 0 Å². The molecule has 2 N–H and O–H groups in total. The molecule has 0 aliphatic carbocycles. The highest BCUT2D eigenvalue weighted by Gasteiger charge is 2.34. The zero-order chi connectivity index (χ0) is 11.8. The van der Waals surface area contributed by atoms with E-state index in [4.69, 9.17) is 5.73 Å². The molecule has 4 heteroatoms. The van der Waals surface area contributed by atoms with Crippen LogP contribution in [-0.4, -0.2) is 0 Å². The smallest absolute Gasteiger partial charge is 0.399 e. The van der Waals surface area contributed by atoms with Crippen molar-refractivity contribution in [1.82, 2.24) is 0 Å². The van der Waals surface area contributed by atoms with Gasteiger partial charge >= 0.3 is 6.18 Å². The van der Waals surface area contributed by atoms with E-state index in [0.717, 1.165) is 6.07 Å². The van der Waals surface area contributed by atoms with Crippen LogP contribution in [0, 0.1) is 6.92 Å². The number of hydrogen-bond acceptors (Lipinski definition) is 1. The number of alkyl halides is 3. The second-order valence-electron chi connectivity index (χ2n) is 3.95. The Bertz CT molecular complexity index is 367. The Balaban J connectivity index is 3.42. The fourth-order valence-corrected chi connectivity index (χ4v) is 1.47. The first-order chi connectivity index (χ1) is 6.73. The summed E-state index contributed by atoms with van der Waals surface area (Å²) in [6.07, 6.45) is -4.31. The van der Waals surface area contributed by atoms with Gasteiger partial charge in [0.25, 0.3) is 0 Å². The van der Waals surface area contributed by atoms with Crippen molar-refractivity contribution in [2.45, 2.75) is 32.9 Å². The molecule has 0 spiro atoms. The fraction of sp³-hybridized carbons (Fsp3) is 0.455. The van der Waals surface area contributed by atoms with Gasteiger partial charge in [-0.3, -0.25) is 0 Å². The van der Waals surface area contributed by atoms with Crippen LogP contribution in [0.3, 0.4) is 0 Å². The molecule has 0 bridgehead atoms. The molecule has 0 fully saturated rings. The maximum absolute atomic E-state index is 12.7. The topological polar surface area (TPSA) is 26.0 Å². The van der Waals surface area contributed by atoms with Crippen LogP contribution in [0.25, 0.3) is 0 Å². The molecule has 1 rings (SSSR count). The maximum Gasteiger partial charge on any atom is 0.416 e. The molecule has 0 aromatic heterocycles. The van der Waals surface area contributed by atoms with Gasteiger partial charge in [-0.2, -0.15) is 13.2 Å². The molecule has 1 nitrogen and oxygen atoms in total. The average molecular weight is 217 g/mol. The standard InChI is InChI=1S/C11H14F3N/c1-6(2)8-5-10(15)7(3)4-9(8)11(12,13)14/h4-6H,15H2,1-3H3. The number of aryl methyl sites for hydroxylation is 1. The lowest BCUT2D eigenvalue weighted by Gasteiger charge is -2.17. The minimum atomic E-state index is -4.31.